The second kappa shape index (κ2) is 5.89. The number of aryl methyl sites for hydroxylation is 1. The summed E-state index contributed by atoms with van der Waals surface area (Å²) in [6, 6.07) is 14.4. The molecule has 0 saturated carbocycles. The van der Waals surface area contributed by atoms with Crippen LogP contribution in [0.5, 0.6) is 0 Å². The van der Waals surface area contributed by atoms with Crippen LogP contribution < -0.4 is 5.32 Å². The predicted molar refractivity (Wildman–Crippen MR) is 76.6 cm³/mol. The lowest BCUT2D eigenvalue weighted by molar-refractivity contribution is 0.0697. The van der Waals surface area contributed by atoms with E-state index in [0.29, 0.717) is 12.1 Å². The molecule has 0 bridgehead atoms. The van der Waals surface area contributed by atoms with Crippen LogP contribution in [0.1, 0.15) is 27.0 Å². The Morgan fingerprint density at radius 3 is 2.50 bits per heavy atom. The zero-order chi connectivity index (χ0) is 14.5. The maximum atomic E-state index is 10.9. The van der Waals surface area contributed by atoms with Crippen LogP contribution in [-0.4, -0.2) is 11.1 Å². The van der Waals surface area contributed by atoms with Crippen molar-refractivity contribution in [1.29, 1.82) is 5.26 Å². The maximum absolute atomic E-state index is 10.9. The first-order chi connectivity index (χ1) is 9.60. The van der Waals surface area contributed by atoms with Gasteiger partial charge >= 0.3 is 5.97 Å². The minimum absolute atomic E-state index is 0.284. The molecule has 0 unspecified atom stereocenters. The lowest BCUT2D eigenvalue weighted by Crippen LogP contribution is -2.03. The van der Waals surface area contributed by atoms with Gasteiger partial charge in [-0.2, -0.15) is 5.26 Å². The number of nitrogens with zero attached hydrogens (tertiary/aromatic N) is 1. The van der Waals surface area contributed by atoms with E-state index in [1.807, 2.05) is 19.1 Å². The first-order valence-corrected chi connectivity index (χ1v) is 6.17. The molecule has 4 nitrogen and oxygen atoms in total. The number of benzene rings is 2. The van der Waals surface area contributed by atoms with Gasteiger partial charge in [0, 0.05) is 12.2 Å². The molecule has 0 aromatic heterocycles. The number of hydrogen-bond donors (Lipinski definition) is 2. The molecule has 2 rings (SSSR count). The topological polar surface area (TPSA) is 73.1 Å². The van der Waals surface area contributed by atoms with Gasteiger partial charge in [0.05, 0.1) is 17.2 Å². The van der Waals surface area contributed by atoms with E-state index in [1.54, 1.807) is 30.3 Å². The number of anilines is 1. The summed E-state index contributed by atoms with van der Waals surface area (Å²) in [5.74, 6) is -0.924. The van der Waals surface area contributed by atoms with Crippen LogP contribution in [0.4, 0.5) is 5.69 Å². The number of nitrogens with one attached hydrogen (secondary N) is 1. The van der Waals surface area contributed by atoms with Crippen molar-refractivity contribution < 1.29 is 9.90 Å². The molecular weight excluding hydrogens is 252 g/mol. The summed E-state index contributed by atoms with van der Waals surface area (Å²) in [5.41, 5.74) is 3.77. The number of carboxylic acid groups (broad SMARTS) is 1. The van der Waals surface area contributed by atoms with Crippen molar-refractivity contribution in [2.24, 2.45) is 0 Å². The van der Waals surface area contributed by atoms with Crippen molar-refractivity contribution in [3.05, 3.63) is 64.7 Å². The number of aromatic carboxylic acids is 1. The monoisotopic (exact) mass is 266 g/mol. The Kier molecular flexibility index (Phi) is 4.02. The Hall–Kier alpha value is -2.80. The SMILES string of the molecule is Cc1cc(C(=O)O)ccc1NCc1ccc(C#N)cc1. The third kappa shape index (κ3) is 3.15. The van der Waals surface area contributed by atoms with Crippen LogP contribution >= 0.6 is 0 Å². The molecule has 0 saturated heterocycles. The summed E-state index contributed by atoms with van der Waals surface area (Å²) in [4.78, 5) is 10.9. The summed E-state index contributed by atoms with van der Waals surface area (Å²) in [5, 5.41) is 20.9. The van der Waals surface area contributed by atoms with Gasteiger partial charge in [-0.15, -0.1) is 0 Å². The smallest absolute Gasteiger partial charge is 0.335 e. The molecule has 0 heterocycles. The fraction of sp³-hybridized carbons (Fsp3) is 0.125. The van der Waals surface area contributed by atoms with Crippen LogP contribution in [-0.2, 0) is 6.54 Å². The van der Waals surface area contributed by atoms with E-state index >= 15 is 0 Å². The Bertz CT molecular complexity index is 670. The summed E-state index contributed by atoms with van der Waals surface area (Å²) in [7, 11) is 0. The van der Waals surface area contributed by atoms with E-state index in [0.717, 1.165) is 16.8 Å². The first-order valence-electron chi connectivity index (χ1n) is 6.17. The zero-order valence-corrected chi connectivity index (χ0v) is 11.1. The second-order valence-electron chi connectivity index (χ2n) is 4.50. The number of carbonyl (C=O) groups is 1. The molecule has 0 fully saturated rings. The molecule has 100 valence electrons. The highest BCUT2D eigenvalue weighted by atomic mass is 16.4. The standard InChI is InChI=1S/C16H14N2O2/c1-11-8-14(16(19)20)6-7-15(11)18-10-13-4-2-12(9-17)3-5-13/h2-8,18H,10H2,1H3,(H,19,20). The van der Waals surface area contributed by atoms with Crippen LogP contribution in [0.15, 0.2) is 42.5 Å². The molecule has 0 radical (unpaired) electrons. The molecule has 0 aliphatic heterocycles. The van der Waals surface area contributed by atoms with E-state index in [9.17, 15) is 4.79 Å². The minimum Gasteiger partial charge on any atom is -0.478 e. The quantitative estimate of drug-likeness (QED) is 0.891. The number of hydrogen-bond acceptors (Lipinski definition) is 3. The summed E-state index contributed by atoms with van der Waals surface area (Å²) < 4.78 is 0. The average Bonchev–Trinajstić information content (AvgIpc) is 2.46. The molecule has 2 aromatic carbocycles. The minimum atomic E-state index is -0.924. The third-order valence-electron chi connectivity index (χ3n) is 3.04. The highest BCUT2D eigenvalue weighted by Crippen LogP contribution is 2.17. The maximum Gasteiger partial charge on any atom is 0.335 e. The molecule has 2 N–H and O–H groups in total. The van der Waals surface area contributed by atoms with Crippen molar-refractivity contribution in [2.75, 3.05) is 5.32 Å². The summed E-state index contributed by atoms with van der Waals surface area (Å²) in [6.45, 7) is 2.49. The lowest BCUT2D eigenvalue weighted by atomic mass is 10.1. The van der Waals surface area contributed by atoms with Crippen molar-refractivity contribution in [3.63, 3.8) is 0 Å². The van der Waals surface area contributed by atoms with Crippen molar-refractivity contribution in [2.45, 2.75) is 13.5 Å². The predicted octanol–water partition coefficient (Wildman–Crippen LogP) is 3.18. The molecule has 20 heavy (non-hydrogen) atoms. The van der Waals surface area contributed by atoms with Crippen molar-refractivity contribution >= 4 is 11.7 Å². The third-order valence-corrected chi connectivity index (χ3v) is 3.04. The molecule has 0 atom stereocenters. The van der Waals surface area contributed by atoms with E-state index in [4.69, 9.17) is 10.4 Å². The van der Waals surface area contributed by atoms with Crippen LogP contribution in [0.25, 0.3) is 0 Å². The Morgan fingerprint density at radius 2 is 1.95 bits per heavy atom. The van der Waals surface area contributed by atoms with Gasteiger partial charge in [0.25, 0.3) is 0 Å². The Morgan fingerprint density at radius 1 is 1.25 bits per heavy atom. The zero-order valence-electron chi connectivity index (χ0n) is 11.1. The molecule has 2 aromatic rings. The molecule has 0 aliphatic carbocycles. The number of rotatable bonds is 4. The molecule has 0 amide bonds. The second-order valence-corrected chi connectivity index (χ2v) is 4.50. The van der Waals surface area contributed by atoms with Gasteiger partial charge < -0.3 is 10.4 Å². The van der Waals surface area contributed by atoms with Crippen molar-refractivity contribution in [3.8, 4) is 6.07 Å². The highest BCUT2D eigenvalue weighted by molar-refractivity contribution is 5.88. The van der Waals surface area contributed by atoms with E-state index in [2.05, 4.69) is 11.4 Å². The van der Waals surface area contributed by atoms with Gasteiger partial charge in [0.1, 0.15) is 0 Å². The van der Waals surface area contributed by atoms with Gasteiger partial charge in [0.15, 0.2) is 0 Å². The fourth-order valence-electron chi connectivity index (χ4n) is 1.89. The normalized spacial score (nSPS) is 9.80. The average molecular weight is 266 g/mol. The van der Waals surface area contributed by atoms with Gasteiger partial charge in [-0.25, -0.2) is 4.79 Å². The number of nitriles is 1. The van der Waals surface area contributed by atoms with E-state index in [-0.39, 0.29) is 5.56 Å². The van der Waals surface area contributed by atoms with Crippen LogP contribution in [0.3, 0.4) is 0 Å². The fourth-order valence-corrected chi connectivity index (χ4v) is 1.89. The lowest BCUT2D eigenvalue weighted by Gasteiger charge is -2.10. The van der Waals surface area contributed by atoms with Crippen LogP contribution in [0, 0.1) is 18.3 Å². The van der Waals surface area contributed by atoms with Gasteiger partial charge in [-0.3, -0.25) is 0 Å². The Balaban J connectivity index is 2.07. The number of carboxylic acids is 1. The first kappa shape index (κ1) is 13.6. The van der Waals surface area contributed by atoms with Gasteiger partial charge in [-0.05, 0) is 48.4 Å². The van der Waals surface area contributed by atoms with Crippen molar-refractivity contribution in [1.82, 2.24) is 0 Å². The largest absolute Gasteiger partial charge is 0.478 e. The molecule has 0 aliphatic rings. The van der Waals surface area contributed by atoms with E-state index < -0.39 is 5.97 Å². The summed E-state index contributed by atoms with van der Waals surface area (Å²) in [6.07, 6.45) is 0. The highest BCUT2D eigenvalue weighted by Gasteiger charge is 2.05. The van der Waals surface area contributed by atoms with E-state index in [1.165, 1.54) is 0 Å². The molecular formula is C16H14N2O2. The molecule has 0 spiro atoms. The molecule has 4 heteroatoms. The van der Waals surface area contributed by atoms with Crippen LogP contribution in [0.2, 0.25) is 0 Å². The van der Waals surface area contributed by atoms with Gasteiger partial charge in [0.2, 0.25) is 0 Å². The van der Waals surface area contributed by atoms with Gasteiger partial charge in [-0.1, -0.05) is 12.1 Å². The Labute approximate surface area is 117 Å². The summed E-state index contributed by atoms with van der Waals surface area (Å²) >= 11 is 0.